The van der Waals surface area contributed by atoms with Gasteiger partial charge in [0, 0.05) is 18.7 Å². The van der Waals surface area contributed by atoms with Gasteiger partial charge in [-0.1, -0.05) is 48.0 Å². The SMILES string of the molecule is CC(=O)N1N=C(c2cc3ccccc3oc2=O)CC1c1cccc(C)c1. The van der Waals surface area contributed by atoms with E-state index in [0.717, 1.165) is 16.5 Å². The second-order valence-electron chi connectivity index (χ2n) is 6.53. The molecule has 26 heavy (non-hydrogen) atoms. The van der Waals surface area contributed by atoms with Crippen LogP contribution < -0.4 is 5.63 Å². The maximum Gasteiger partial charge on any atom is 0.345 e. The Labute approximate surface area is 150 Å². The lowest BCUT2D eigenvalue weighted by Crippen LogP contribution is -2.24. The molecule has 4 rings (SSSR count). The highest BCUT2D eigenvalue weighted by atomic mass is 16.4. The van der Waals surface area contributed by atoms with Gasteiger partial charge >= 0.3 is 5.63 Å². The molecule has 0 aliphatic carbocycles. The predicted octanol–water partition coefficient (Wildman–Crippen LogP) is 3.80. The van der Waals surface area contributed by atoms with Gasteiger partial charge < -0.3 is 4.42 Å². The van der Waals surface area contributed by atoms with Crippen LogP contribution in [0.15, 0.2) is 68.9 Å². The Bertz CT molecular complexity index is 1100. The number of fused-ring (bicyclic) bond motifs is 1. The first kappa shape index (κ1) is 16.3. The van der Waals surface area contributed by atoms with Crippen LogP contribution >= 0.6 is 0 Å². The van der Waals surface area contributed by atoms with Crippen molar-refractivity contribution >= 4 is 22.6 Å². The summed E-state index contributed by atoms with van der Waals surface area (Å²) < 4.78 is 5.42. The van der Waals surface area contributed by atoms with Gasteiger partial charge in [0.1, 0.15) is 5.58 Å². The number of nitrogens with zero attached hydrogens (tertiary/aromatic N) is 2. The smallest absolute Gasteiger partial charge is 0.345 e. The summed E-state index contributed by atoms with van der Waals surface area (Å²) in [4.78, 5) is 24.5. The molecule has 0 bridgehead atoms. The monoisotopic (exact) mass is 346 g/mol. The molecule has 1 aromatic heterocycles. The van der Waals surface area contributed by atoms with Crippen LogP contribution in [0.5, 0.6) is 0 Å². The molecule has 5 nitrogen and oxygen atoms in total. The third kappa shape index (κ3) is 2.81. The number of hydrogen-bond acceptors (Lipinski definition) is 4. The number of benzene rings is 2. The van der Waals surface area contributed by atoms with Gasteiger partial charge in [-0.15, -0.1) is 0 Å². The van der Waals surface area contributed by atoms with Crippen molar-refractivity contribution in [3.63, 3.8) is 0 Å². The van der Waals surface area contributed by atoms with Gasteiger partial charge in [0.05, 0.1) is 17.3 Å². The Kier molecular flexibility index (Phi) is 3.92. The lowest BCUT2D eigenvalue weighted by molar-refractivity contribution is -0.130. The van der Waals surface area contributed by atoms with Crippen LogP contribution in [-0.2, 0) is 4.79 Å². The van der Waals surface area contributed by atoms with Crippen molar-refractivity contribution in [3.8, 4) is 0 Å². The average Bonchev–Trinajstić information content (AvgIpc) is 3.06. The topological polar surface area (TPSA) is 62.9 Å². The summed E-state index contributed by atoms with van der Waals surface area (Å²) in [6.45, 7) is 3.49. The zero-order valence-corrected chi connectivity index (χ0v) is 14.6. The maximum atomic E-state index is 12.4. The molecule has 1 atom stereocenters. The summed E-state index contributed by atoms with van der Waals surface area (Å²) in [5.74, 6) is -0.156. The van der Waals surface area contributed by atoms with Crippen LogP contribution in [-0.4, -0.2) is 16.6 Å². The van der Waals surface area contributed by atoms with Gasteiger partial charge in [-0.05, 0) is 24.6 Å². The van der Waals surface area contributed by atoms with E-state index >= 15 is 0 Å². The minimum Gasteiger partial charge on any atom is -0.422 e. The van der Waals surface area contributed by atoms with Crippen molar-refractivity contribution in [2.24, 2.45) is 5.10 Å². The van der Waals surface area contributed by atoms with Crippen molar-refractivity contribution in [1.82, 2.24) is 5.01 Å². The van der Waals surface area contributed by atoms with Gasteiger partial charge in [0.25, 0.3) is 0 Å². The van der Waals surface area contributed by atoms with E-state index in [0.29, 0.717) is 23.3 Å². The van der Waals surface area contributed by atoms with Crippen molar-refractivity contribution in [3.05, 3.63) is 81.7 Å². The standard InChI is InChI=1S/C21H18N2O3/c1-13-6-5-8-15(10-13)19-12-18(22-23(19)14(2)24)17-11-16-7-3-4-9-20(16)26-21(17)25/h3-11,19H,12H2,1-2H3. The number of hydrogen-bond donors (Lipinski definition) is 0. The minimum absolute atomic E-state index is 0.156. The molecule has 130 valence electrons. The fourth-order valence-electron chi connectivity index (χ4n) is 3.36. The third-order valence-corrected chi connectivity index (χ3v) is 4.61. The summed E-state index contributed by atoms with van der Waals surface area (Å²) in [7, 11) is 0. The number of carbonyl (C=O) groups is 1. The number of rotatable bonds is 2. The molecule has 0 spiro atoms. The second kappa shape index (κ2) is 6.26. The fourth-order valence-corrected chi connectivity index (χ4v) is 3.36. The van der Waals surface area contributed by atoms with Crippen LogP contribution in [0.1, 0.15) is 36.1 Å². The predicted molar refractivity (Wildman–Crippen MR) is 100 cm³/mol. The Morgan fingerprint density at radius 1 is 1.15 bits per heavy atom. The largest absolute Gasteiger partial charge is 0.422 e. The highest BCUT2D eigenvalue weighted by Crippen LogP contribution is 2.33. The molecule has 5 heteroatoms. The van der Waals surface area contributed by atoms with Gasteiger partial charge in [0.15, 0.2) is 0 Å². The quantitative estimate of drug-likeness (QED) is 0.663. The van der Waals surface area contributed by atoms with Crippen LogP contribution in [0, 0.1) is 6.92 Å². The van der Waals surface area contributed by atoms with Crippen LogP contribution in [0.25, 0.3) is 11.0 Å². The van der Waals surface area contributed by atoms with Gasteiger partial charge in [-0.25, -0.2) is 9.80 Å². The molecule has 0 N–H and O–H groups in total. The number of carbonyl (C=O) groups excluding carboxylic acids is 1. The fraction of sp³-hybridized carbons (Fsp3) is 0.190. The van der Waals surface area contributed by atoms with E-state index in [1.807, 2.05) is 49.4 Å². The first-order valence-corrected chi connectivity index (χ1v) is 8.50. The van der Waals surface area contributed by atoms with E-state index in [4.69, 9.17) is 4.42 Å². The summed E-state index contributed by atoms with van der Waals surface area (Å²) in [6, 6.07) is 16.9. The van der Waals surface area contributed by atoms with Gasteiger partial charge in [0.2, 0.25) is 5.91 Å². The molecule has 1 amide bonds. The van der Waals surface area contributed by atoms with Crippen LogP contribution in [0.2, 0.25) is 0 Å². The highest BCUT2D eigenvalue weighted by Gasteiger charge is 2.32. The summed E-state index contributed by atoms with van der Waals surface area (Å²) >= 11 is 0. The molecule has 0 saturated carbocycles. The Morgan fingerprint density at radius 3 is 2.73 bits per heavy atom. The first-order chi connectivity index (χ1) is 12.5. The summed E-state index contributed by atoms with van der Waals surface area (Å²) in [5, 5.41) is 6.74. The zero-order valence-electron chi connectivity index (χ0n) is 14.6. The number of hydrazone groups is 1. The number of aryl methyl sites for hydroxylation is 1. The minimum atomic E-state index is -0.434. The average molecular weight is 346 g/mol. The third-order valence-electron chi connectivity index (χ3n) is 4.61. The van der Waals surface area contributed by atoms with Gasteiger partial charge in [-0.2, -0.15) is 5.10 Å². The Hall–Kier alpha value is -3.21. The summed E-state index contributed by atoms with van der Waals surface area (Å²) in [6.07, 6.45) is 0.478. The molecule has 0 fully saturated rings. The number of para-hydroxylation sites is 1. The lowest BCUT2D eigenvalue weighted by Gasteiger charge is -2.20. The molecule has 1 aliphatic heterocycles. The van der Waals surface area contributed by atoms with Gasteiger partial charge in [-0.3, -0.25) is 4.79 Å². The summed E-state index contributed by atoms with van der Waals surface area (Å²) in [5.41, 5.74) is 3.21. The molecular weight excluding hydrogens is 328 g/mol. The highest BCUT2D eigenvalue weighted by molar-refractivity contribution is 6.04. The molecule has 3 aromatic rings. The zero-order chi connectivity index (χ0) is 18.3. The van der Waals surface area contributed by atoms with Crippen molar-refractivity contribution in [2.45, 2.75) is 26.3 Å². The van der Waals surface area contributed by atoms with E-state index in [1.54, 1.807) is 12.1 Å². The maximum absolute atomic E-state index is 12.4. The molecular formula is C21H18N2O3. The van der Waals surface area contributed by atoms with E-state index in [-0.39, 0.29) is 11.9 Å². The van der Waals surface area contributed by atoms with E-state index in [9.17, 15) is 9.59 Å². The van der Waals surface area contributed by atoms with Crippen molar-refractivity contribution in [1.29, 1.82) is 0 Å². The normalized spacial score (nSPS) is 16.8. The lowest BCUT2D eigenvalue weighted by atomic mass is 9.97. The molecule has 2 heterocycles. The first-order valence-electron chi connectivity index (χ1n) is 8.50. The van der Waals surface area contributed by atoms with Crippen LogP contribution in [0.3, 0.4) is 0 Å². The van der Waals surface area contributed by atoms with E-state index in [1.165, 1.54) is 11.9 Å². The van der Waals surface area contributed by atoms with E-state index < -0.39 is 5.63 Å². The van der Waals surface area contributed by atoms with E-state index in [2.05, 4.69) is 5.10 Å². The molecule has 1 unspecified atom stereocenters. The second-order valence-corrected chi connectivity index (χ2v) is 6.53. The van der Waals surface area contributed by atoms with Crippen molar-refractivity contribution < 1.29 is 9.21 Å². The molecule has 2 aromatic carbocycles. The number of amides is 1. The Morgan fingerprint density at radius 2 is 1.96 bits per heavy atom. The van der Waals surface area contributed by atoms with Crippen molar-refractivity contribution in [2.75, 3.05) is 0 Å². The molecule has 1 aliphatic rings. The molecule has 0 saturated heterocycles. The molecule has 0 radical (unpaired) electrons. The van der Waals surface area contributed by atoms with Crippen LogP contribution in [0.4, 0.5) is 0 Å². The Balaban J connectivity index is 1.78.